The standard InChI is InChI=1S/C23H29N3O/c1-15(2)18-7-9-19(10-8-18)23(16(3)4)24-13-20-12-22(27)26-14-17(5)6-11-21(26)25-20/h6-12,14-16,23-24H,13H2,1-5H3/t23-/m1/s1. The number of rotatable bonds is 6. The average Bonchev–Trinajstić information content (AvgIpc) is 2.62. The molecule has 0 radical (unpaired) electrons. The Balaban J connectivity index is 1.81. The topological polar surface area (TPSA) is 46.4 Å². The van der Waals surface area contributed by atoms with Crippen molar-refractivity contribution in [2.45, 2.75) is 53.1 Å². The summed E-state index contributed by atoms with van der Waals surface area (Å²) < 4.78 is 1.60. The molecule has 1 aromatic carbocycles. The van der Waals surface area contributed by atoms with Crippen LogP contribution in [0.4, 0.5) is 0 Å². The minimum atomic E-state index is -0.0390. The number of aryl methyl sites for hydroxylation is 1. The highest BCUT2D eigenvalue weighted by Crippen LogP contribution is 2.24. The molecular formula is C23H29N3O. The molecule has 0 bridgehead atoms. The molecule has 0 saturated heterocycles. The van der Waals surface area contributed by atoms with Crippen LogP contribution < -0.4 is 10.9 Å². The second-order valence-electron chi connectivity index (χ2n) is 7.94. The molecule has 3 aromatic rings. The molecule has 0 spiro atoms. The van der Waals surface area contributed by atoms with Gasteiger partial charge in [-0.15, -0.1) is 0 Å². The zero-order valence-corrected chi connectivity index (χ0v) is 16.9. The Bertz CT molecular complexity index is 971. The first kappa shape index (κ1) is 19.3. The highest BCUT2D eigenvalue weighted by Gasteiger charge is 2.16. The summed E-state index contributed by atoms with van der Waals surface area (Å²) >= 11 is 0. The zero-order valence-electron chi connectivity index (χ0n) is 16.9. The quantitative estimate of drug-likeness (QED) is 0.695. The van der Waals surface area contributed by atoms with Crippen molar-refractivity contribution in [2.75, 3.05) is 0 Å². The third-order valence-electron chi connectivity index (χ3n) is 4.99. The van der Waals surface area contributed by atoms with Crippen LogP contribution in [0, 0.1) is 12.8 Å². The Morgan fingerprint density at radius 2 is 1.67 bits per heavy atom. The number of benzene rings is 1. The predicted octanol–water partition coefficient (Wildman–Crippen LogP) is 4.61. The van der Waals surface area contributed by atoms with Crippen molar-refractivity contribution in [3.05, 3.63) is 81.4 Å². The number of hydrogen-bond donors (Lipinski definition) is 1. The smallest absolute Gasteiger partial charge is 0.258 e. The van der Waals surface area contributed by atoms with Gasteiger partial charge in [0.15, 0.2) is 0 Å². The maximum Gasteiger partial charge on any atom is 0.258 e. The largest absolute Gasteiger partial charge is 0.304 e. The molecule has 2 aromatic heterocycles. The average molecular weight is 364 g/mol. The Morgan fingerprint density at radius 3 is 2.30 bits per heavy atom. The summed E-state index contributed by atoms with van der Waals surface area (Å²) in [5.74, 6) is 0.960. The fourth-order valence-corrected chi connectivity index (χ4v) is 3.39. The minimum absolute atomic E-state index is 0.0390. The Morgan fingerprint density at radius 1 is 1.00 bits per heavy atom. The Labute approximate surface area is 161 Å². The third kappa shape index (κ3) is 4.45. The van der Waals surface area contributed by atoms with Crippen LogP contribution >= 0.6 is 0 Å². The minimum Gasteiger partial charge on any atom is -0.304 e. The van der Waals surface area contributed by atoms with E-state index in [0.717, 1.165) is 11.3 Å². The molecule has 2 heterocycles. The number of nitrogens with zero attached hydrogens (tertiary/aromatic N) is 2. The van der Waals surface area contributed by atoms with E-state index in [1.54, 1.807) is 10.5 Å². The van der Waals surface area contributed by atoms with Crippen molar-refractivity contribution < 1.29 is 0 Å². The highest BCUT2D eigenvalue weighted by molar-refractivity contribution is 5.40. The number of pyridine rings is 1. The van der Waals surface area contributed by atoms with Crippen molar-refractivity contribution in [3.63, 3.8) is 0 Å². The third-order valence-corrected chi connectivity index (χ3v) is 4.99. The van der Waals surface area contributed by atoms with Gasteiger partial charge in [-0.2, -0.15) is 0 Å². The number of fused-ring (bicyclic) bond motifs is 1. The van der Waals surface area contributed by atoms with E-state index in [2.05, 4.69) is 62.3 Å². The monoisotopic (exact) mass is 363 g/mol. The molecule has 27 heavy (non-hydrogen) atoms. The fourth-order valence-electron chi connectivity index (χ4n) is 3.39. The fraction of sp³-hybridized carbons (Fsp3) is 0.391. The van der Waals surface area contributed by atoms with E-state index in [1.165, 1.54) is 11.1 Å². The van der Waals surface area contributed by atoms with Gasteiger partial charge in [-0.05, 0) is 41.5 Å². The number of hydrogen-bond acceptors (Lipinski definition) is 3. The lowest BCUT2D eigenvalue weighted by Crippen LogP contribution is -2.27. The van der Waals surface area contributed by atoms with Crippen LogP contribution in [0.3, 0.4) is 0 Å². The van der Waals surface area contributed by atoms with Gasteiger partial charge in [0.1, 0.15) is 5.65 Å². The Kier molecular flexibility index (Phi) is 5.76. The van der Waals surface area contributed by atoms with Crippen LogP contribution in [0.25, 0.3) is 5.65 Å². The van der Waals surface area contributed by atoms with Crippen LogP contribution in [-0.4, -0.2) is 9.38 Å². The van der Waals surface area contributed by atoms with Crippen LogP contribution in [0.15, 0.2) is 53.5 Å². The maximum absolute atomic E-state index is 12.4. The molecule has 1 N–H and O–H groups in total. The van der Waals surface area contributed by atoms with Crippen molar-refractivity contribution >= 4 is 5.65 Å². The first-order valence-electron chi connectivity index (χ1n) is 9.67. The van der Waals surface area contributed by atoms with Crippen molar-refractivity contribution in [1.29, 1.82) is 0 Å². The predicted molar refractivity (Wildman–Crippen MR) is 111 cm³/mol. The van der Waals surface area contributed by atoms with Gasteiger partial charge in [0.25, 0.3) is 5.56 Å². The van der Waals surface area contributed by atoms with Crippen LogP contribution in [0.2, 0.25) is 0 Å². The van der Waals surface area contributed by atoms with Gasteiger partial charge in [0.05, 0.1) is 5.69 Å². The van der Waals surface area contributed by atoms with E-state index in [0.29, 0.717) is 24.0 Å². The molecule has 0 aliphatic carbocycles. The molecule has 0 fully saturated rings. The second kappa shape index (κ2) is 8.05. The molecular weight excluding hydrogens is 334 g/mol. The summed E-state index contributed by atoms with van der Waals surface area (Å²) in [6, 6.07) is 14.5. The van der Waals surface area contributed by atoms with E-state index >= 15 is 0 Å². The molecule has 3 rings (SSSR count). The second-order valence-corrected chi connectivity index (χ2v) is 7.94. The van der Waals surface area contributed by atoms with Crippen molar-refractivity contribution in [2.24, 2.45) is 5.92 Å². The van der Waals surface area contributed by atoms with Gasteiger partial charge in [-0.1, -0.05) is 58.0 Å². The molecule has 0 aliphatic heterocycles. The van der Waals surface area contributed by atoms with Crippen LogP contribution in [0.1, 0.15) is 62.0 Å². The highest BCUT2D eigenvalue weighted by atomic mass is 16.1. The van der Waals surface area contributed by atoms with Gasteiger partial charge in [-0.25, -0.2) is 4.98 Å². The van der Waals surface area contributed by atoms with Crippen LogP contribution in [-0.2, 0) is 6.54 Å². The SMILES string of the molecule is Cc1ccc2nc(CN[C@@H](c3ccc(C(C)C)cc3)C(C)C)cc(=O)n2c1. The first-order chi connectivity index (χ1) is 12.8. The number of aromatic nitrogens is 2. The normalized spacial score (nSPS) is 12.9. The zero-order chi connectivity index (χ0) is 19.6. The van der Waals surface area contributed by atoms with Gasteiger partial charge in [0, 0.05) is 24.8 Å². The molecule has 0 amide bonds. The van der Waals surface area contributed by atoms with E-state index in [9.17, 15) is 4.79 Å². The molecule has 4 heteroatoms. The lowest BCUT2D eigenvalue weighted by molar-refractivity contribution is 0.408. The summed E-state index contributed by atoms with van der Waals surface area (Å²) in [6.45, 7) is 11.4. The van der Waals surface area contributed by atoms with Crippen LogP contribution in [0.5, 0.6) is 0 Å². The summed E-state index contributed by atoms with van der Waals surface area (Å²) in [5.41, 5.74) is 5.08. The number of nitrogens with one attached hydrogen (secondary N) is 1. The summed E-state index contributed by atoms with van der Waals surface area (Å²) in [5, 5.41) is 3.59. The van der Waals surface area contributed by atoms with E-state index in [-0.39, 0.29) is 11.6 Å². The Hall–Kier alpha value is -2.46. The molecule has 0 aliphatic rings. The molecule has 1 atom stereocenters. The summed E-state index contributed by atoms with van der Waals surface area (Å²) in [6.07, 6.45) is 1.83. The molecule has 0 unspecified atom stereocenters. The van der Waals surface area contributed by atoms with Gasteiger partial charge < -0.3 is 5.32 Å². The molecule has 0 saturated carbocycles. The lowest BCUT2D eigenvalue weighted by Gasteiger charge is -2.23. The van der Waals surface area contributed by atoms with Gasteiger partial charge >= 0.3 is 0 Å². The summed E-state index contributed by atoms with van der Waals surface area (Å²) in [4.78, 5) is 17.0. The maximum atomic E-state index is 12.4. The van der Waals surface area contributed by atoms with E-state index < -0.39 is 0 Å². The van der Waals surface area contributed by atoms with Crippen molar-refractivity contribution in [3.8, 4) is 0 Å². The summed E-state index contributed by atoms with van der Waals surface area (Å²) in [7, 11) is 0. The van der Waals surface area contributed by atoms with Gasteiger partial charge in [0.2, 0.25) is 0 Å². The first-order valence-corrected chi connectivity index (χ1v) is 9.67. The lowest BCUT2D eigenvalue weighted by atomic mass is 9.93. The van der Waals surface area contributed by atoms with Gasteiger partial charge in [-0.3, -0.25) is 9.20 Å². The molecule has 142 valence electrons. The molecule has 4 nitrogen and oxygen atoms in total. The van der Waals surface area contributed by atoms with E-state index in [1.807, 2.05) is 25.3 Å². The van der Waals surface area contributed by atoms with E-state index in [4.69, 9.17) is 0 Å². The van der Waals surface area contributed by atoms with Crippen molar-refractivity contribution in [1.82, 2.24) is 14.7 Å².